The molecule has 0 aromatic carbocycles. The third-order valence-electron chi connectivity index (χ3n) is 1.61. The molecule has 0 spiro atoms. The fourth-order valence-corrected chi connectivity index (χ4v) is 1.27. The first-order chi connectivity index (χ1) is 6.06. The molecular weight excluding hydrogens is 244 g/mol. The Labute approximate surface area is 82.7 Å². The van der Waals surface area contributed by atoms with Gasteiger partial charge in [-0.05, 0) is 18.6 Å². The lowest BCUT2D eigenvalue weighted by Crippen LogP contribution is -1.97. The van der Waals surface area contributed by atoms with Crippen molar-refractivity contribution < 1.29 is 13.9 Å². The molecule has 0 atom stereocenters. The van der Waals surface area contributed by atoms with E-state index in [2.05, 4.69) is 20.9 Å². The van der Waals surface area contributed by atoms with Gasteiger partial charge in [0.15, 0.2) is 0 Å². The fourth-order valence-electron chi connectivity index (χ4n) is 0.981. The molecule has 0 radical (unpaired) electrons. The molecule has 13 heavy (non-hydrogen) atoms. The van der Waals surface area contributed by atoms with Crippen molar-refractivity contribution in [2.75, 3.05) is 0 Å². The maximum Gasteiger partial charge on any atom is 0.284 e. The number of alkyl halides is 3. The van der Waals surface area contributed by atoms with Crippen LogP contribution in [0.5, 0.6) is 5.75 Å². The number of hydrogen-bond donors (Lipinski definition) is 1. The Morgan fingerprint density at radius 3 is 2.69 bits per heavy atom. The predicted octanol–water partition coefficient (Wildman–Crippen LogP) is 2.93. The molecule has 0 amide bonds. The van der Waals surface area contributed by atoms with E-state index in [1.54, 1.807) is 13.0 Å². The molecule has 2 nitrogen and oxygen atoms in total. The van der Waals surface area contributed by atoms with E-state index in [9.17, 15) is 13.9 Å². The monoisotopic (exact) mass is 251 g/mol. The highest BCUT2D eigenvalue weighted by Gasteiger charge is 2.17. The highest BCUT2D eigenvalue weighted by atomic mass is 79.9. The third-order valence-corrected chi connectivity index (χ3v) is 2.18. The average Bonchev–Trinajstić information content (AvgIpc) is 2.09. The highest BCUT2D eigenvalue weighted by Crippen LogP contribution is 2.29. The van der Waals surface area contributed by atoms with Crippen LogP contribution in [0.15, 0.2) is 6.07 Å². The topological polar surface area (TPSA) is 33.1 Å². The molecule has 0 saturated carbocycles. The molecule has 0 aliphatic carbocycles. The first-order valence-corrected chi connectivity index (χ1v) is 4.72. The van der Waals surface area contributed by atoms with Gasteiger partial charge in [0, 0.05) is 5.33 Å². The molecule has 0 fully saturated rings. The van der Waals surface area contributed by atoms with Crippen molar-refractivity contribution in [2.24, 2.45) is 0 Å². The molecule has 0 aliphatic heterocycles. The zero-order chi connectivity index (χ0) is 10.0. The zero-order valence-corrected chi connectivity index (χ0v) is 8.48. The summed E-state index contributed by atoms with van der Waals surface area (Å²) in [5.41, 5.74) is 0.361. The Bertz CT molecular complexity index is 317. The van der Waals surface area contributed by atoms with E-state index in [4.69, 9.17) is 0 Å². The van der Waals surface area contributed by atoms with Crippen LogP contribution < -0.4 is 0 Å². The SMILES string of the molecule is Cc1cc(CBr)nc(C(F)F)c1O. The highest BCUT2D eigenvalue weighted by molar-refractivity contribution is 9.08. The summed E-state index contributed by atoms with van der Waals surface area (Å²) in [6.07, 6.45) is -2.74. The summed E-state index contributed by atoms with van der Waals surface area (Å²) in [4.78, 5) is 3.60. The lowest BCUT2D eigenvalue weighted by molar-refractivity contribution is 0.141. The van der Waals surface area contributed by atoms with E-state index in [1.165, 1.54) is 0 Å². The Hall–Kier alpha value is -0.710. The molecule has 5 heteroatoms. The minimum absolute atomic E-state index is 0.397. The molecule has 72 valence electrons. The number of aromatic nitrogens is 1. The number of aryl methyl sites for hydroxylation is 1. The van der Waals surface area contributed by atoms with Gasteiger partial charge in [0.1, 0.15) is 11.4 Å². The van der Waals surface area contributed by atoms with Crippen molar-refractivity contribution >= 4 is 15.9 Å². The summed E-state index contributed by atoms with van der Waals surface area (Å²) < 4.78 is 24.6. The predicted molar refractivity (Wildman–Crippen MR) is 48.2 cm³/mol. The Morgan fingerprint density at radius 2 is 2.23 bits per heavy atom. The zero-order valence-electron chi connectivity index (χ0n) is 6.89. The number of rotatable bonds is 2. The fraction of sp³-hybridized carbons (Fsp3) is 0.375. The van der Waals surface area contributed by atoms with E-state index in [1.807, 2.05) is 0 Å². The number of aromatic hydroxyl groups is 1. The minimum Gasteiger partial charge on any atom is -0.506 e. The number of nitrogens with zero attached hydrogens (tertiary/aromatic N) is 1. The van der Waals surface area contributed by atoms with E-state index >= 15 is 0 Å². The van der Waals surface area contributed by atoms with Crippen LogP contribution in [0.4, 0.5) is 8.78 Å². The molecule has 1 aromatic heterocycles. The van der Waals surface area contributed by atoms with Gasteiger partial charge >= 0.3 is 0 Å². The average molecular weight is 252 g/mol. The molecule has 1 heterocycles. The van der Waals surface area contributed by atoms with Crippen LogP contribution in [0.1, 0.15) is 23.4 Å². The van der Waals surface area contributed by atoms with Gasteiger partial charge in [0.05, 0.1) is 5.69 Å². The minimum atomic E-state index is -2.74. The van der Waals surface area contributed by atoms with Crippen LogP contribution in [0, 0.1) is 6.92 Å². The van der Waals surface area contributed by atoms with Gasteiger partial charge in [-0.3, -0.25) is 0 Å². The lowest BCUT2D eigenvalue weighted by Gasteiger charge is -2.07. The molecule has 0 saturated heterocycles. The molecule has 1 aromatic rings. The van der Waals surface area contributed by atoms with Gasteiger partial charge in [0.2, 0.25) is 0 Å². The third kappa shape index (κ3) is 2.15. The smallest absolute Gasteiger partial charge is 0.284 e. The van der Waals surface area contributed by atoms with E-state index < -0.39 is 17.9 Å². The van der Waals surface area contributed by atoms with Crippen molar-refractivity contribution in [1.82, 2.24) is 4.98 Å². The van der Waals surface area contributed by atoms with Crippen molar-refractivity contribution in [3.8, 4) is 5.75 Å². The summed E-state index contributed by atoms with van der Waals surface area (Å²) in [7, 11) is 0. The molecule has 0 unspecified atom stereocenters. The molecule has 0 aliphatic rings. The quantitative estimate of drug-likeness (QED) is 0.821. The van der Waals surface area contributed by atoms with Gasteiger partial charge < -0.3 is 5.11 Å². The maximum absolute atomic E-state index is 12.3. The van der Waals surface area contributed by atoms with Crippen LogP contribution >= 0.6 is 15.9 Å². The van der Waals surface area contributed by atoms with Gasteiger partial charge in [-0.1, -0.05) is 15.9 Å². The maximum atomic E-state index is 12.3. The molecule has 1 rings (SSSR count). The standard InChI is InChI=1S/C8H8BrF2NO/c1-4-2-5(3-9)12-6(7(4)13)8(10)11/h2,8,13H,3H2,1H3. The van der Waals surface area contributed by atoms with Crippen LogP contribution in [-0.4, -0.2) is 10.1 Å². The number of pyridine rings is 1. The Balaban J connectivity index is 3.25. The van der Waals surface area contributed by atoms with Crippen LogP contribution in [0.25, 0.3) is 0 Å². The van der Waals surface area contributed by atoms with Gasteiger partial charge in [-0.15, -0.1) is 0 Å². The van der Waals surface area contributed by atoms with Crippen LogP contribution in [0.2, 0.25) is 0 Å². The second-order valence-electron chi connectivity index (χ2n) is 2.60. The van der Waals surface area contributed by atoms with E-state index in [0.717, 1.165) is 0 Å². The summed E-state index contributed by atoms with van der Waals surface area (Å²) in [5.74, 6) is -0.417. The second-order valence-corrected chi connectivity index (χ2v) is 3.16. The number of halogens is 3. The van der Waals surface area contributed by atoms with Crippen molar-refractivity contribution in [3.63, 3.8) is 0 Å². The summed E-state index contributed by atoms with van der Waals surface area (Å²) in [5, 5.41) is 9.63. The summed E-state index contributed by atoms with van der Waals surface area (Å²) in [6.45, 7) is 1.56. The molecule has 1 N–H and O–H groups in total. The van der Waals surface area contributed by atoms with E-state index in [0.29, 0.717) is 16.6 Å². The normalized spacial score (nSPS) is 10.8. The second kappa shape index (κ2) is 4.00. The molecule has 0 bridgehead atoms. The van der Waals surface area contributed by atoms with Crippen molar-refractivity contribution in [1.29, 1.82) is 0 Å². The van der Waals surface area contributed by atoms with Gasteiger partial charge in [0.25, 0.3) is 6.43 Å². The lowest BCUT2D eigenvalue weighted by atomic mass is 10.2. The first kappa shape index (κ1) is 10.4. The number of hydrogen-bond acceptors (Lipinski definition) is 2. The molecular formula is C8H8BrF2NO. The van der Waals surface area contributed by atoms with Crippen molar-refractivity contribution in [3.05, 3.63) is 23.0 Å². The van der Waals surface area contributed by atoms with Crippen LogP contribution in [-0.2, 0) is 5.33 Å². The summed E-state index contributed by atoms with van der Waals surface area (Å²) >= 11 is 3.11. The van der Waals surface area contributed by atoms with Gasteiger partial charge in [-0.2, -0.15) is 0 Å². The van der Waals surface area contributed by atoms with Gasteiger partial charge in [-0.25, -0.2) is 13.8 Å². The Morgan fingerprint density at radius 1 is 1.62 bits per heavy atom. The van der Waals surface area contributed by atoms with Crippen LogP contribution in [0.3, 0.4) is 0 Å². The largest absolute Gasteiger partial charge is 0.506 e. The summed E-state index contributed by atoms with van der Waals surface area (Å²) in [6, 6.07) is 1.57. The first-order valence-electron chi connectivity index (χ1n) is 3.59. The van der Waals surface area contributed by atoms with Crippen molar-refractivity contribution in [2.45, 2.75) is 18.7 Å². The van der Waals surface area contributed by atoms with E-state index in [-0.39, 0.29) is 0 Å². The Kier molecular flexibility index (Phi) is 3.19.